The van der Waals surface area contributed by atoms with Crippen LogP contribution in [-0.4, -0.2) is 17.6 Å². The maximum absolute atomic E-state index is 12.7. The maximum atomic E-state index is 12.7. The molecule has 0 aliphatic carbocycles. The molecule has 0 fully saturated rings. The van der Waals surface area contributed by atoms with Gasteiger partial charge in [0.15, 0.2) is 0 Å². The van der Waals surface area contributed by atoms with Gasteiger partial charge < -0.3 is 9.47 Å². The van der Waals surface area contributed by atoms with Crippen molar-refractivity contribution in [3.05, 3.63) is 94.1 Å². The smallest absolute Gasteiger partial charge is 0.315 e. The largest absolute Gasteiger partial charge is 0.497 e. The van der Waals surface area contributed by atoms with Crippen molar-refractivity contribution in [1.29, 1.82) is 0 Å². The van der Waals surface area contributed by atoms with Crippen LogP contribution in [0.3, 0.4) is 0 Å². The first kappa shape index (κ1) is 18.7. The van der Waals surface area contributed by atoms with Gasteiger partial charge in [-0.1, -0.05) is 47.7 Å². The number of allylic oxidation sites excluding steroid dienone is 1. The topological polar surface area (TPSA) is 57.5 Å². The summed E-state index contributed by atoms with van der Waals surface area (Å²) in [6.45, 7) is 0. The second kappa shape index (κ2) is 8.16. The van der Waals surface area contributed by atoms with Crippen molar-refractivity contribution in [3.8, 4) is 17.2 Å². The molecule has 1 heterocycles. The number of rotatable bonds is 5. The van der Waals surface area contributed by atoms with E-state index in [9.17, 15) is 9.59 Å². The zero-order valence-electron chi connectivity index (χ0n) is 15.6. The van der Waals surface area contributed by atoms with Gasteiger partial charge in [0.05, 0.1) is 17.3 Å². The summed E-state index contributed by atoms with van der Waals surface area (Å²) in [5.41, 5.74) is 1.29. The Bertz CT molecular complexity index is 1250. The minimum absolute atomic E-state index is 0.336. The molecule has 6 heteroatoms. The highest BCUT2D eigenvalue weighted by molar-refractivity contribution is 7.16. The summed E-state index contributed by atoms with van der Waals surface area (Å²) in [5, 5.41) is 0. The van der Waals surface area contributed by atoms with Crippen LogP contribution < -0.4 is 14.3 Å². The van der Waals surface area contributed by atoms with Crippen LogP contribution in [-0.2, 0) is 0 Å². The van der Waals surface area contributed by atoms with Crippen molar-refractivity contribution in [2.45, 2.75) is 0 Å². The highest BCUT2D eigenvalue weighted by Gasteiger charge is 2.13. The van der Waals surface area contributed by atoms with E-state index in [2.05, 4.69) is 0 Å². The number of carbonyl (C=O) groups is 1. The lowest BCUT2D eigenvalue weighted by molar-refractivity contribution is 0.0972. The molecule has 1 aromatic heterocycles. The summed E-state index contributed by atoms with van der Waals surface area (Å²) in [5.74, 6) is 1.55. The molecule has 5 nitrogen and oxygen atoms in total. The fraction of sp³-hybridized carbons (Fsp3) is 0.0435. The SMILES string of the molecule is COc1ccc2c(c1)sc(=O)n2C(=O)C=Cc1ccccc1Oc1ccccc1. The Hall–Kier alpha value is -3.64. The van der Waals surface area contributed by atoms with Gasteiger partial charge in [-0.3, -0.25) is 9.59 Å². The van der Waals surface area contributed by atoms with Gasteiger partial charge in [0.2, 0.25) is 0 Å². The van der Waals surface area contributed by atoms with Crippen LogP contribution in [0.15, 0.2) is 83.7 Å². The van der Waals surface area contributed by atoms with Crippen molar-refractivity contribution >= 4 is 33.5 Å². The van der Waals surface area contributed by atoms with Gasteiger partial charge in [0, 0.05) is 11.6 Å². The van der Waals surface area contributed by atoms with E-state index in [0.717, 1.165) is 21.5 Å². The minimum Gasteiger partial charge on any atom is -0.497 e. The first-order valence-corrected chi connectivity index (χ1v) is 9.71. The van der Waals surface area contributed by atoms with Crippen LogP contribution in [0.25, 0.3) is 16.3 Å². The number of ether oxygens (including phenoxy) is 2. The molecule has 29 heavy (non-hydrogen) atoms. The van der Waals surface area contributed by atoms with Crippen molar-refractivity contribution in [1.82, 2.24) is 4.57 Å². The predicted octanol–water partition coefficient (Wildman–Crippen LogP) is 5.22. The average Bonchev–Trinajstić information content (AvgIpc) is 3.08. The van der Waals surface area contributed by atoms with E-state index in [0.29, 0.717) is 27.5 Å². The molecule has 0 bridgehead atoms. The molecular formula is C23H17NO4S. The van der Waals surface area contributed by atoms with Gasteiger partial charge in [-0.2, -0.15) is 0 Å². The van der Waals surface area contributed by atoms with E-state index in [-0.39, 0.29) is 4.87 Å². The number of hydrogen-bond acceptors (Lipinski definition) is 5. The molecule has 0 unspecified atom stereocenters. The first-order chi connectivity index (χ1) is 14.2. The van der Waals surface area contributed by atoms with Crippen LogP contribution in [0.4, 0.5) is 0 Å². The van der Waals surface area contributed by atoms with Crippen molar-refractivity contribution in [2.24, 2.45) is 0 Å². The first-order valence-electron chi connectivity index (χ1n) is 8.89. The minimum atomic E-state index is -0.416. The summed E-state index contributed by atoms with van der Waals surface area (Å²) in [7, 11) is 1.56. The van der Waals surface area contributed by atoms with Gasteiger partial charge in [0.1, 0.15) is 17.2 Å². The Labute approximate surface area is 171 Å². The molecule has 0 radical (unpaired) electrons. The van der Waals surface area contributed by atoms with Crippen LogP contribution in [0.1, 0.15) is 10.4 Å². The summed E-state index contributed by atoms with van der Waals surface area (Å²) in [6.07, 6.45) is 3.03. The lowest BCUT2D eigenvalue weighted by Crippen LogP contribution is -2.19. The van der Waals surface area contributed by atoms with Gasteiger partial charge in [0.25, 0.3) is 5.91 Å². The molecule has 0 spiro atoms. The summed E-state index contributed by atoms with van der Waals surface area (Å²) >= 11 is 1.01. The molecular weight excluding hydrogens is 386 g/mol. The van der Waals surface area contributed by atoms with Gasteiger partial charge >= 0.3 is 4.87 Å². The molecule has 0 atom stereocenters. The number of nitrogens with zero attached hydrogens (tertiary/aromatic N) is 1. The Kier molecular flexibility index (Phi) is 5.27. The van der Waals surface area contributed by atoms with E-state index in [1.165, 1.54) is 6.08 Å². The highest BCUT2D eigenvalue weighted by atomic mass is 32.1. The number of fused-ring (bicyclic) bond motifs is 1. The van der Waals surface area contributed by atoms with E-state index >= 15 is 0 Å². The number of hydrogen-bond donors (Lipinski definition) is 0. The van der Waals surface area contributed by atoms with Crippen LogP contribution in [0.5, 0.6) is 17.2 Å². The standard InChI is InChI=1S/C23H17NO4S/c1-27-18-12-13-19-21(15-18)29-23(26)24(19)22(25)14-11-16-7-5-6-10-20(16)28-17-8-3-2-4-9-17/h2-15H,1H3. The van der Waals surface area contributed by atoms with E-state index in [1.807, 2.05) is 54.6 Å². The molecule has 0 aliphatic heterocycles. The normalized spacial score (nSPS) is 11.1. The molecule has 0 saturated carbocycles. The van der Waals surface area contributed by atoms with E-state index in [4.69, 9.17) is 9.47 Å². The number of para-hydroxylation sites is 2. The summed E-state index contributed by atoms with van der Waals surface area (Å²) in [4.78, 5) is 24.8. The van der Waals surface area contributed by atoms with Crippen molar-refractivity contribution < 1.29 is 14.3 Å². The second-order valence-corrected chi connectivity index (χ2v) is 7.15. The molecule has 0 aliphatic rings. The fourth-order valence-electron chi connectivity index (χ4n) is 2.90. The quantitative estimate of drug-likeness (QED) is 0.429. The number of aromatic nitrogens is 1. The molecule has 0 N–H and O–H groups in total. The molecule has 144 valence electrons. The van der Waals surface area contributed by atoms with Gasteiger partial charge in [-0.05, 0) is 42.5 Å². The number of methoxy groups -OCH3 is 1. The number of benzene rings is 3. The number of thiazole rings is 1. The van der Waals surface area contributed by atoms with Crippen LogP contribution in [0, 0.1) is 0 Å². The zero-order valence-corrected chi connectivity index (χ0v) is 16.4. The van der Waals surface area contributed by atoms with Gasteiger partial charge in [-0.15, -0.1) is 0 Å². The summed E-state index contributed by atoms with van der Waals surface area (Å²) in [6, 6.07) is 22.0. The Balaban J connectivity index is 1.64. The molecule has 0 amide bonds. The van der Waals surface area contributed by atoms with E-state index in [1.54, 1.807) is 31.4 Å². The lowest BCUT2D eigenvalue weighted by atomic mass is 10.2. The van der Waals surface area contributed by atoms with E-state index < -0.39 is 5.91 Å². The second-order valence-electron chi connectivity index (χ2n) is 6.16. The molecule has 4 aromatic rings. The average molecular weight is 403 g/mol. The van der Waals surface area contributed by atoms with Crippen LogP contribution >= 0.6 is 11.3 Å². The maximum Gasteiger partial charge on any atom is 0.315 e. The predicted molar refractivity (Wildman–Crippen MR) is 115 cm³/mol. The molecule has 4 rings (SSSR count). The van der Waals surface area contributed by atoms with Crippen molar-refractivity contribution in [2.75, 3.05) is 7.11 Å². The number of carbonyl (C=O) groups excluding carboxylic acids is 1. The molecule has 3 aromatic carbocycles. The third kappa shape index (κ3) is 3.97. The summed E-state index contributed by atoms with van der Waals surface area (Å²) < 4.78 is 13.0. The lowest BCUT2D eigenvalue weighted by Gasteiger charge is -2.08. The molecule has 0 saturated heterocycles. The monoisotopic (exact) mass is 403 g/mol. The third-order valence-corrected chi connectivity index (χ3v) is 5.21. The van der Waals surface area contributed by atoms with Gasteiger partial charge in [-0.25, -0.2) is 4.57 Å². The third-order valence-electron chi connectivity index (χ3n) is 4.30. The van der Waals surface area contributed by atoms with Crippen molar-refractivity contribution in [3.63, 3.8) is 0 Å². The fourth-order valence-corrected chi connectivity index (χ4v) is 3.80. The zero-order chi connectivity index (χ0) is 20.2. The Morgan fingerprint density at radius 3 is 2.52 bits per heavy atom. The Morgan fingerprint density at radius 1 is 0.966 bits per heavy atom. The highest BCUT2D eigenvalue weighted by Crippen LogP contribution is 2.26. The Morgan fingerprint density at radius 2 is 1.72 bits per heavy atom. The van der Waals surface area contributed by atoms with Crippen LogP contribution in [0.2, 0.25) is 0 Å².